The van der Waals surface area contributed by atoms with Crippen LogP contribution in [0, 0.1) is 5.82 Å². The van der Waals surface area contributed by atoms with Crippen molar-refractivity contribution in [2.24, 2.45) is 0 Å². The summed E-state index contributed by atoms with van der Waals surface area (Å²) >= 11 is 7.50. The third-order valence-corrected chi connectivity index (χ3v) is 6.04. The smallest absolute Gasteiger partial charge is 0.277 e. The van der Waals surface area contributed by atoms with Gasteiger partial charge in [0.25, 0.3) is 5.91 Å². The lowest BCUT2D eigenvalue weighted by atomic mass is 10.0. The Morgan fingerprint density at radius 3 is 3.00 bits per heavy atom. The number of imidazole rings is 1. The second-order valence-corrected chi connectivity index (χ2v) is 7.97. The van der Waals surface area contributed by atoms with Gasteiger partial charge in [-0.3, -0.25) is 9.59 Å². The Hall–Kier alpha value is -3.30. The molecule has 0 radical (unpaired) electrons. The molecule has 5 rings (SSSR count). The number of rotatable bonds is 3. The highest BCUT2D eigenvalue weighted by molar-refractivity contribution is 7.13. The van der Waals surface area contributed by atoms with Crippen LogP contribution in [0.2, 0.25) is 5.02 Å². The lowest BCUT2D eigenvalue weighted by Gasteiger charge is -2.27. The number of amides is 2. The summed E-state index contributed by atoms with van der Waals surface area (Å²) < 4.78 is 20.6. The van der Waals surface area contributed by atoms with E-state index in [0.29, 0.717) is 16.3 Å². The molecule has 10 heteroatoms. The predicted molar refractivity (Wildman–Crippen MR) is 111 cm³/mol. The van der Waals surface area contributed by atoms with Gasteiger partial charge in [-0.2, -0.15) is 4.37 Å². The zero-order valence-electron chi connectivity index (χ0n) is 15.2. The van der Waals surface area contributed by atoms with E-state index in [-0.39, 0.29) is 24.0 Å². The largest absolute Gasteiger partial charge is 0.342 e. The molecule has 0 saturated carbocycles. The number of aromatic nitrogens is 3. The lowest BCUT2D eigenvalue weighted by Crippen LogP contribution is -2.39. The normalized spacial score (nSPS) is 15.7. The molecule has 3 heterocycles. The Balaban J connectivity index is 1.55. The van der Waals surface area contributed by atoms with Crippen molar-refractivity contribution < 1.29 is 14.0 Å². The van der Waals surface area contributed by atoms with Crippen LogP contribution in [-0.2, 0) is 11.3 Å². The summed E-state index contributed by atoms with van der Waals surface area (Å²) in [6.07, 6.45) is 1.46. The van der Waals surface area contributed by atoms with E-state index in [1.165, 1.54) is 36.1 Å². The first-order chi connectivity index (χ1) is 14.5. The molecule has 0 spiro atoms. The Bertz CT molecular complexity index is 1320. The van der Waals surface area contributed by atoms with Crippen molar-refractivity contribution in [1.82, 2.24) is 19.2 Å². The summed E-state index contributed by atoms with van der Waals surface area (Å²) in [7, 11) is 0. The molecule has 30 heavy (non-hydrogen) atoms. The fourth-order valence-electron chi connectivity index (χ4n) is 3.52. The Kier molecular flexibility index (Phi) is 4.48. The number of fused-ring (bicyclic) bond motifs is 2. The van der Waals surface area contributed by atoms with Gasteiger partial charge in [0.05, 0.1) is 22.8 Å². The zero-order valence-corrected chi connectivity index (χ0v) is 16.8. The molecular weight excluding hydrogens is 429 g/mol. The van der Waals surface area contributed by atoms with Gasteiger partial charge in [0, 0.05) is 16.0 Å². The summed E-state index contributed by atoms with van der Waals surface area (Å²) in [5.74, 6) is -0.925. The molecule has 2 aromatic heterocycles. The van der Waals surface area contributed by atoms with Crippen LogP contribution in [0.1, 0.15) is 27.8 Å². The molecule has 150 valence electrons. The van der Waals surface area contributed by atoms with Crippen molar-refractivity contribution in [3.8, 4) is 0 Å². The Labute approximate surface area is 178 Å². The van der Waals surface area contributed by atoms with E-state index in [1.807, 2.05) is 24.3 Å². The second-order valence-electron chi connectivity index (χ2n) is 6.75. The molecule has 2 aromatic carbocycles. The maximum Gasteiger partial charge on any atom is 0.277 e. The summed E-state index contributed by atoms with van der Waals surface area (Å²) in [6.45, 7) is 0.0290. The summed E-state index contributed by atoms with van der Waals surface area (Å²) in [5.41, 5.74) is 1.17. The highest BCUT2D eigenvalue weighted by atomic mass is 35.5. The molecular formula is C20H13ClFN5O2S. The topological polar surface area (TPSA) is 88.9 Å². The van der Waals surface area contributed by atoms with Crippen LogP contribution in [0.3, 0.4) is 0 Å². The first-order valence-corrected chi connectivity index (χ1v) is 10.1. The van der Waals surface area contributed by atoms with Gasteiger partial charge in [0.15, 0.2) is 5.82 Å². The quantitative estimate of drug-likeness (QED) is 0.506. The van der Waals surface area contributed by atoms with Crippen LogP contribution >= 0.6 is 23.1 Å². The van der Waals surface area contributed by atoms with E-state index in [0.717, 1.165) is 10.1 Å². The predicted octanol–water partition coefficient (Wildman–Crippen LogP) is 3.76. The van der Waals surface area contributed by atoms with Crippen LogP contribution in [-0.4, -0.2) is 25.7 Å². The van der Waals surface area contributed by atoms with E-state index < -0.39 is 17.8 Å². The third kappa shape index (κ3) is 3.12. The van der Waals surface area contributed by atoms with E-state index >= 15 is 0 Å². The standard InChI is InChI=1S/C20H13ClFN5O2S/c21-13-6-5-10(22)7-12(13)16-18-19(23-9-27(18)8-15(28)24-16)25-20(29)17-11-3-1-2-4-14(11)30-26-17/h1-7,9,16H,8H2,(H,24,28)(H,25,29). The number of nitrogens with zero attached hydrogens (tertiary/aromatic N) is 3. The summed E-state index contributed by atoms with van der Waals surface area (Å²) in [4.78, 5) is 29.4. The monoisotopic (exact) mass is 441 g/mol. The molecule has 1 atom stereocenters. The Morgan fingerprint density at radius 2 is 2.13 bits per heavy atom. The first-order valence-electron chi connectivity index (χ1n) is 8.96. The number of hydrogen-bond donors (Lipinski definition) is 2. The van der Waals surface area contributed by atoms with Crippen molar-refractivity contribution in [1.29, 1.82) is 0 Å². The van der Waals surface area contributed by atoms with Gasteiger partial charge in [0.1, 0.15) is 18.1 Å². The average molecular weight is 442 g/mol. The van der Waals surface area contributed by atoms with Gasteiger partial charge in [0.2, 0.25) is 5.91 Å². The summed E-state index contributed by atoms with van der Waals surface area (Å²) in [6, 6.07) is 10.6. The van der Waals surface area contributed by atoms with E-state index in [1.54, 1.807) is 4.57 Å². The number of carbonyl (C=O) groups is 2. The van der Waals surface area contributed by atoms with Crippen molar-refractivity contribution in [3.63, 3.8) is 0 Å². The van der Waals surface area contributed by atoms with Crippen LogP contribution in [0.5, 0.6) is 0 Å². The fourth-order valence-corrected chi connectivity index (χ4v) is 4.52. The number of hydrogen-bond acceptors (Lipinski definition) is 5. The highest BCUT2D eigenvalue weighted by Gasteiger charge is 2.32. The number of halogens is 2. The van der Waals surface area contributed by atoms with Crippen molar-refractivity contribution in [2.75, 3.05) is 5.32 Å². The molecule has 7 nitrogen and oxygen atoms in total. The summed E-state index contributed by atoms with van der Waals surface area (Å²) in [5, 5.41) is 6.62. The lowest BCUT2D eigenvalue weighted by molar-refractivity contribution is -0.123. The average Bonchev–Trinajstić information content (AvgIpc) is 3.33. The molecule has 1 aliphatic heterocycles. The van der Waals surface area contributed by atoms with Gasteiger partial charge in [-0.1, -0.05) is 29.8 Å². The highest BCUT2D eigenvalue weighted by Crippen LogP contribution is 2.35. The second kappa shape index (κ2) is 7.19. The number of nitrogens with one attached hydrogen (secondary N) is 2. The molecule has 1 aliphatic rings. The van der Waals surface area contributed by atoms with Gasteiger partial charge in [-0.15, -0.1) is 0 Å². The van der Waals surface area contributed by atoms with Gasteiger partial charge >= 0.3 is 0 Å². The first kappa shape index (κ1) is 18.7. The SMILES string of the molecule is O=C1Cn2cnc(NC(=O)c3nsc4ccccc34)c2C(c2cc(F)ccc2Cl)N1. The van der Waals surface area contributed by atoms with E-state index in [9.17, 15) is 14.0 Å². The third-order valence-electron chi connectivity index (χ3n) is 4.86. The maximum atomic E-state index is 13.9. The minimum absolute atomic E-state index is 0.0290. The molecule has 0 bridgehead atoms. The molecule has 4 aromatic rings. The molecule has 2 amide bonds. The number of anilines is 1. The van der Waals surface area contributed by atoms with Crippen LogP contribution in [0.25, 0.3) is 10.1 Å². The Morgan fingerprint density at radius 1 is 1.30 bits per heavy atom. The van der Waals surface area contributed by atoms with Crippen molar-refractivity contribution >= 4 is 50.9 Å². The van der Waals surface area contributed by atoms with Crippen molar-refractivity contribution in [3.05, 3.63) is 76.6 Å². The molecule has 2 N–H and O–H groups in total. The van der Waals surface area contributed by atoms with E-state index in [4.69, 9.17) is 11.6 Å². The van der Waals surface area contributed by atoms with Gasteiger partial charge < -0.3 is 15.2 Å². The molecule has 1 unspecified atom stereocenters. The number of carbonyl (C=O) groups excluding carboxylic acids is 2. The molecule has 0 fully saturated rings. The zero-order chi connectivity index (χ0) is 20.8. The van der Waals surface area contributed by atoms with Crippen molar-refractivity contribution in [2.45, 2.75) is 12.6 Å². The maximum absolute atomic E-state index is 13.9. The fraction of sp³-hybridized carbons (Fsp3) is 0.100. The van der Waals surface area contributed by atoms with Gasteiger partial charge in [-0.05, 0) is 35.8 Å². The minimum Gasteiger partial charge on any atom is -0.342 e. The van der Waals surface area contributed by atoms with Crippen LogP contribution < -0.4 is 10.6 Å². The molecule has 0 aliphatic carbocycles. The van der Waals surface area contributed by atoms with Crippen LogP contribution in [0.4, 0.5) is 10.2 Å². The van der Waals surface area contributed by atoms with Crippen LogP contribution in [0.15, 0.2) is 48.8 Å². The van der Waals surface area contributed by atoms with Gasteiger partial charge in [-0.25, -0.2) is 9.37 Å². The number of benzene rings is 2. The van der Waals surface area contributed by atoms with E-state index in [2.05, 4.69) is 20.0 Å². The minimum atomic E-state index is -0.764. The molecule has 0 saturated heterocycles.